The fraction of sp³-hybridized carbons (Fsp3) is 0.455. The minimum absolute atomic E-state index is 0.0869. The van der Waals surface area contributed by atoms with Crippen LogP contribution in [0.2, 0.25) is 0 Å². The Morgan fingerprint density at radius 3 is 2.30 bits per heavy atom. The van der Waals surface area contributed by atoms with Crippen LogP contribution in [-0.4, -0.2) is 19.9 Å². The molecular formula is C22H25F3O2. The summed E-state index contributed by atoms with van der Waals surface area (Å²) in [7, 11) is 0. The van der Waals surface area contributed by atoms with Crippen molar-refractivity contribution in [1.29, 1.82) is 0 Å². The second-order valence-corrected chi connectivity index (χ2v) is 7.14. The number of benzene rings is 2. The van der Waals surface area contributed by atoms with Crippen LogP contribution in [0.15, 0.2) is 36.4 Å². The second-order valence-electron chi connectivity index (χ2n) is 7.14. The van der Waals surface area contributed by atoms with Crippen molar-refractivity contribution in [2.45, 2.75) is 38.7 Å². The molecular weight excluding hydrogens is 353 g/mol. The molecule has 2 unspecified atom stereocenters. The number of halogens is 3. The number of hydrogen-bond acceptors (Lipinski definition) is 2. The van der Waals surface area contributed by atoms with Gasteiger partial charge < -0.3 is 9.47 Å². The monoisotopic (exact) mass is 378 g/mol. The van der Waals surface area contributed by atoms with Gasteiger partial charge in [-0.3, -0.25) is 4.39 Å². The predicted octanol–water partition coefficient (Wildman–Crippen LogP) is 6.25. The summed E-state index contributed by atoms with van der Waals surface area (Å²) in [5.74, 6) is -1.32. The van der Waals surface area contributed by atoms with Gasteiger partial charge in [-0.2, -0.15) is 0 Å². The lowest BCUT2D eigenvalue weighted by Gasteiger charge is -2.27. The highest BCUT2D eigenvalue weighted by Gasteiger charge is 2.20. The van der Waals surface area contributed by atoms with E-state index in [1.165, 1.54) is 12.1 Å². The van der Waals surface area contributed by atoms with E-state index in [-0.39, 0.29) is 12.7 Å². The van der Waals surface area contributed by atoms with E-state index in [0.717, 1.165) is 30.6 Å². The average molecular weight is 378 g/mol. The summed E-state index contributed by atoms with van der Waals surface area (Å²) in [6.07, 6.45) is 2.94. The maximum absolute atomic E-state index is 14.3. The van der Waals surface area contributed by atoms with Crippen LogP contribution in [0.1, 0.15) is 44.3 Å². The Morgan fingerprint density at radius 1 is 1.00 bits per heavy atom. The van der Waals surface area contributed by atoms with Crippen molar-refractivity contribution in [2.75, 3.05) is 19.9 Å². The third-order valence-corrected chi connectivity index (χ3v) is 4.89. The molecule has 2 nitrogen and oxygen atoms in total. The van der Waals surface area contributed by atoms with Gasteiger partial charge in [-0.15, -0.1) is 0 Å². The molecule has 27 heavy (non-hydrogen) atoms. The van der Waals surface area contributed by atoms with Crippen molar-refractivity contribution in [1.82, 2.24) is 0 Å². The molecule has 0 bridgehead atoms. The molecule has 1 saturated heterocycles. The van der Waals surface area contributed by atoms with Crippen LogP contribution in [0.3, 0.4) is 0 Å². The molecule has 1 fully saturated rings. The molecule has 1 aliphatic heterocycles. The Morgan fingerprint density at radius 2 is 1.70 bits per heavy atom. The minimum atomic E-state index is -0.751. The van der Waals surface area contributed by atoms with Crippen LogP contribution in [0.4, 0.5) is 13.2 Å². The van der Waals surface area contributed by atoms with Crippen molar-refractivity contribution in [3.05, 3.63) is 53.6 Å². The van der Waals surface area contributed by atoms with Gasteiger partial charge in [0.1, 0.15) is 0 Å². The summed E-state index contributed by atoms with van der Waals surface area (Å²) in [5.41, 5.74) is 2.26. The summed E-state index contributed by atoms with van der Waals surface area (Å²) >= 11 is 0. The zero-order chi connectivity index (χ0) is 19.2. The van der Waals surface area contributed by atoms with Crippen LogP contribution in [0.25, 0.3) is 11.1 Å². The molecule has 2 aromatic rings. The maximum Gasteiger partial charge on any atom is 0.190 e. The van der Waals surface area contributed by atoms with Gasteiger partial charge in [0, 0.05) is 6.61 Å². The van der Waals surface area contributed by atoms with Crippen molar-refractivity contribution in [3.8, 4) is 16.9 Å². The molecule has 0 aliphatic carbocycles. The molecule has 1 aliphatic rings. The van der Waals surface area contributed by atoms with E-state index >= 15 is 0 Å². The molecule has 2 atom stereocenters. The van der Waals surface area contributed by atoms with Crippen molar-refractivity contribution < 1.29 is 22.6 Å². The van der Waals surface area contributed by atoms with E-state index in [2.05, 4.69) is 6.92 Å². The Labute approximate surface area is 158 Å². The second kappa shape index (κ2) is 9.27. The Bertz CT molecular complexity index is 715. The van der Waals surface area contributed by atoms with Crippen LogP contribution in [0, 0.1) is 17.6 Å². The Hall–Kier alpha value is -2.01. The summed E-state index contributed by atoms with van der Waals surface area (Å²) in [5, 5.41) is 0. The van der Waals surface area contributed by atoms with Gasteiger partial charge in [-0.05, 0) is 60.4 Å². The van der Waals surface area contributed by atoms with Gasteiger partial charge in [0.25, 0.3) is 0 Å². The topological polar surface area (TPSA) is 18.5 Å². The first kappa shape index (κ1) is 19.7. The Kier molecular flexibility index (Phi) is 6.78. The highest BCUT2D eigenvalue weighted by molar-refractivity contribution is 5.65. The van der Waals surface area contributed by atoms with Gasteiger partial charge in [-0.1, -0.05) is 31.2 Å². The van der Waals surface area contributed by atoms with Crippen LogP contribution in [-0.2, 0) is 4.74 Å². The van der Waals surface area contributed by atoms with Crippen LogP contribution >= 0.6 is 0 Å². The Balaban J connectivity index is 1.70. The molecule has 2 aromatic carbocycles. The summed E-state index contributed by atoms with van der Waals surface area (Å²) in [6, 6.07) is 10.1. The van der Waals surface area contributed by atoms with Crippen molar-refractivity contribution in [3.63, 3.8) is 0 Å². The molecule has 146 valence electrons. The minimum Gasteiger partial charge on any atom is -0.488 e. The molecule has 3 rings (SSSR count). The van der Waals surface area contributed by atoms with Gasteiger partial charge >= 0.3 is 0 Å². The first-order valence-electron chi connectivity index (χ1n) is 9.48. The maximum atomic E-state index is 14.3. The first-order valence-corrected chi connectivity index (χ1v) is 9.48. The van der Waals surface area contributed by atoms with E-state index in [4.69, 9.17) is 9.47 Å². The quantitative estimate of drug-likeness (QED) is 0.530. The molecule has 0 spiro atoms. The van der Waals surface area contributed by atoms with E-state index < -0.39 is 24.1 Å². The standard InChI is InChI=1S/C22H25F3O2/c1-15-4-9-21(27-14-15)17-7-5-16(6-8-17)18-12-19(24)22(20(25)13-18)26-11-3-2-10-23/h5-8,12-13,15,21H,2-4,9-11,14H2,1H3. The van der Waals surface area contributed by atoms with Crippen molar-refractivity contribution >= 4 is 0 Å². The zero-order valence-corrected chi connectivity index (χ0v) is 15.5. The molecule has 0 aromatic heterocycles. The summed E-state index contributed by atoms with van der Waals surface area (Å²) in [4.78, 5) is 0. The average Bonchev–Trinajstić information content (AvgIpc) is 2.67. The fourth-order valence-corrected chi connectivity index (χ4v) is 3.27. The van der Waals surface area contributed by atoms with Gasteiger partial charge in [0.2, 0.25) is 0 Å². The third kappa shape index (κ3) is 5.04. The third-order valence-electron chi connectivity index (χ3n) is 4.89. The number of unbranched alkanes of at least 4 members (excludes halogenated alkanes) is 1. The lowest BCUT2D eigenvalue weighted by atomic mass is 9.94. The number of alkyl halides is 1. The predicted molar refractivity (Wildman–Crippen MR) is 99.6 cm³/mol. The number of ether oxygens (including phenoxy) is 2. The van der Waals surface area contributed by atoms with E-state index in [1.807, 2.05) is 24.3 Å². The van der Waals surface area contributed by atoms with Gasteiger partial charge in [-0.25, -0.2) is 8.78 Å². The summed E-state index contributed by atoms with van der Waals surface area (Å²) < 4.78 is 51.6. The molecule has 1 heterocycles. The highest BCUT2D eigenvalue weighted by atomic mass is 19.1. The van der Waals surface area contributed by atoms with Crippen LogP contribution < -0.4 is 4.74 Å². The molecule has 0 amide bonds. The highest BCUT2D eigenvalue weighted by Crippen LogP contribution is 2.33. The summed E-state index contributed by atoms with van der Waals surface area (Å²) in [6.45, 7) is 2.56. The van der Waals surface area contributed by atoms with Crippen molar-refractivity contribution in [2.24, 2.45) is 5.92 Å². The smallest absolute Gasteiger partial charge is 0.190 e. The number of rotatable bonds is 7. The van der Waals surface area contributed by atoms with Gasteiger partial charge in [0.15, 0.2) is 17.4 Å². The van der Waals surface area contributed by atoms with E-state index in [0.29, 0.717) is 24.3 Å². The molecule has 0 saturated carbocycles. The lowest BCUT2D eigenvalue weighted by Crippen LogP contribution is -2.18. The first-order chi connectivity index (χ1) is 13.1. The van der Waals surface area contributed by atoms with Gasteiger partial charge in [0.05, 0.1) is 19.4 Å². The molecule has 0 radical (unpaired) electrons. The van der Waals surface area contributed by atoms with Crippen LogP contribution in [0.5, 0.6) is 5.75 Å². The largest absolute Gasteiger partial charge is 0.488 e. The molecule has 0 N–H and O–H groups in total. The van der Waals surface area contributed by atoms with E-state index in [1.54, 1.807) is 0 Å². The fourth-order valence-electron chi connectivity index (χ4n) is 3.27. The normalized spacial score (nSPS) is 19.9. The molecule has 5 heteroatoms. The van der Waals surface area contributed by atoms with E-state index in [9.17, 15) is 13.2 Å². The number of hydrogen-bond donors (Lipinski definition) is 0. The zero-order valence-electron chi connectivity index (χ0n) is 15.5. The lowest BCUT2D eigenvalue weighted by molar-refractivity contribution is -0.0123. The SMILES string of the molecule is CC1CCC(c2ccc(-c3cc(F)c(OCCCCF)c(F)c3)cc2)OC1.